The molecule has 4 N–H and O–H groups in total. The van der Waals surface area contributed by atoms with Crippen LogP contribution in [0.3, 0.4) is 0 Å². The Morgan fingerprint density at radius 1 is 1.21 bits per heavy atom. The van der Waals surface area contributed by atoms with Crippen molar-refractivity contribution in [2.45, 2.75) is 38.0 Å². The van der Waals surface area contributed by atoms with Gasteiger partial charge in [-0.2, -0.15) is 0 Å². The Labute approximate surface area is 196 Å². The van der Waals surface area contributed by atoms with Gasteiger partial charge in [0.15, 0.2) is 0 Å². The normalized spacial score (nSPS) is 12.7. The number of hydrogen-bond acceptors (Lipinski definition) is 6. The van der Waals surface area contributed by atoms with Gasteiger partial charge in [0.05, 0.1) is 17.5 Å². The van der Waals surface area contributed by atoms with Gasteiger partial charge in [0.2, 0.25) is 0 Å². The quantitative estimate of drug-likeness (QED) is 0.340. The summed E-state index contributed by atoms with van der Waals surface area (Å²) >= 11 is -2.27. The number of hydrogen-bond donors (Lipinski definition) is 2. The molecule has 1 unspecified atom stereocenters. The number of pyridine rings is 1. The minimum Gasteiger partial charge on any atom is -0.768 e. The number of benzene rings is 2. The fraction of sp³-hybridized carbons (Fsp3) is 0.280. The Bertz CT molecular complexity index is 1200. The Kier molecular flexibility index (Phi) is 9.85. The molecule has 0 radical (unpaired) electrons. The smallest absolute Gasteiger partial charge is 0.267 e. The number of methoxy groups -OCH3 is 1. The second-order valence-electron chi connectivity index (χ2n) is 7.33. The third-order valence-corrected chi connectivity index (χ3v) is 5.06. The fourth-order valence-corrected chi connectivity index (χ4v) is 3.10. The van der Waals surface area contributed by atoms with E-state index in [1.54, 1.807) is 42.5 Å². The number of nitrogens with two attached hydrogens (primary N) is 2. The second-order valence-corrected chi connectivity index (χ2v) is 8.23. The first-order valence-corrected chi connectivity index (χ1v) is 11.6. The number of aromatic nitrogens is 1. The average molecular weight is 467 g/mol. The van der Waals surface area contributed by atoms with Crippen molar-refractivity contribution in [3.05, 3.63) is 59.8 Å². The zero-order valence-electron chi connectivity index (χ0n) is 19.0. The van der Waals surface area contributed by atoms with Gasteiger partial charge < -0.3 is 20.8 Å². The van der Waals surface area contributed by atoms with Crippen LogP contribution >= 0.6 is 0 Å². The third kappa shape index (κ3) is 7.90. The zero-order valence-corrected chi connectivity index (χ0v) is 19.8. The number of carbonyl (C=O) groups is 1. The standard InChI is InChI=1S/C12H12O3S.C10H9N3O.C3H8/c1-15-11-8-10(5-4-9-2-3-9)6-7-12(11)16(13)14;11-7-2-1-3-8-6(7)4-5-9(13-8)10(12)14;1-3-2/h6-9H,2-3H2,1H3,(H,13,14);1-5H,11H2,(H2,12,14);3H2,1-2H3/p-1. The molecule has 1 amide bonds. The molecule has 1 atom stereocenters. The van der Waals surface area contributed by atoms with Crippen molar-refractivity contribution in [3.8, 4) is 17.6 Å². The highest BCUT2D eigenvalue weighted by Gasteiger charge is 2.17. The number of ether oxygens (including phenoxy) is 1. The van der Waals surface area contributed by atoms with Gasteiger partial charge in [0.25, 0.3) is 5.91 Å². The van der Waals surface area contributed by atoms with Crippen LogP contribution in [0.2, 0.25) is 0 Å². The Morgan fingerprint density at radius 2 is 1.91 bits per heavy atom. The lowest BCUT2D eigenvalue weighted by atomic mass is 10.1. The Balaban J connectivity index is 0.000000210. The van der Waals surface area contributed by atoms with E-state index in [1.807, 2.05) is 0 Å². The maximum atomic E-state index is 10.9. The molecule has 0 aliphatic heterocycles. The van der Waals surface area contributed by atoms with Gasteiger partial charge in [-0.1, -0.05) is 38.2 Å². The molecule has 33 heavy (non-hydrogen) atoms. The minimum atomic E-state index is -2.27. The van der Waals surface area contributed by atoms with Crippen LogP contribution in [0.4, 0.5) is 5.69 Å². The molecule has 0 bridgehead atoms. The van der Waals surface area contributed by atoms with Crippen LogP contribution in [0.15, 0.2) is 53.4 Å². The van der Waals surface area contributed by atoms with Crippen molar-refractivity contribution in [1.82, 2.24) is 4.98 Å². The molecule has 1 aliphatic rings. The van der Waals surface area contributed by atoms with E-state index in [9.17, 15) is 13.6 Å². The number of nitrogen functional groups attached to an aromatic ring is 1. The summed E-state index contributed by atoms with van der Waals surface area (Å²) in [4.78, 5) is 15.1. The largest absolute Gasteiger partial charge is 0.768 e. The van der Waals surface area contributed by atoms with Crippen molar-refractivity contribution >= 4 is 33.6 Å². The Morgan fingerprint density at radius 3 is 2.48 bits per heavy atom. The summed E-state index contributed by atoms with van der Waals surface area (Å²) in [6.07, 6.45) is 3.60. The van der Waals surface area contributed by atoms with E-state index in [2.05, 4.69) is 30.7 Å². The van der Waals surface area contributed by atoms with Gasteiger partial charge in [0, 0.05) is 22.6 Å². The molecule has 1 saturated carbocycles. The minimum absolute atomic E-state index is 0.166. The maximum absolute atomic E-state index is 10.9. The van der Waals surface area contributed by atoms with Gasteiger partial charge in [-0.15, -0.1) is 0 Å². The van der Waals surface area contributed by atoms with Crippen LogP contribution in [0.1, 0.15) is 49.2 Å². The molecule has 174 valence electrons. The van der Waals surface area contributed by atoms with Crippen molar-refractivity contribution < 1.29 is 18.3 Å². The summed E-state index contributed by atoms with van der Waals surface area (Å²) in [5.41, 5.74) is 13.2. The molecule has 7 nitrogen and oxygen atoms in total. The van der Waals surface area contributed by atoms with Crippen molar-refractivity contribution in [2.75, 3.05) is 12.8 Å². The Hall–Kier alpha value is -3.41. The number of carbonyl (C=O) groups excluding carboxylic acids is 1. The van der Waals surface area contributed by atoms with Crippen LogP contribution in [0.25, 0.3) is 10.9 Å². The van der Waals surface area contributed by atoms with E-state index in [-0.39, 0.29) is 10.6 Å². The molecule has 1 heterocycles. The van der Waals surface area contributed by atoms with Crippen molar-refractivity contribution in [2.24, 2.45) is 11.7 Å². The molecule has 2 aromatic carbocycles. The molecular formula is C25H28N3O4S-. The van der Waals surface area contributed by atoms with Gasteiger partial charge in [-0.25, -0.2) is 4.98 Å². The molecule has 1 aromatic heterocycles. The van der Waals surface area contributed by atoms with Crippen LogP contribution in [-0.4, -0.2) is 26.8 Å². The lowest BCUT2D eigenvalue weighted by Gasteiger charge is -2.10. The van der Waals surface area contributed by atoms with E-state index < -0.39 is 17.0 Å². The summed E-state index contributed by atoms with van der Waals surface area (Å²) in [5.74, 6) is 6.47. The monoisotopic (exact) mass is 466 g/mol. The summed E-state index contributed by atoms with van der Waals surface area (Å²) in [7, 11) is 1.45. The zero-order chi connectivity index (χ0) is 24.4. The average Bonchev–Trinajstić information content (AvgIpc) is 3.63. The van der Waals surface area contributed by atoms with Gasteiger partial charge in [-0.3, -0.25) is 9.00 Å². The van der Waals surface area contributed by atoms with E-state index in [1.165, 1.54) is 32.4 Å². The lowest BCUT2D eigenvalue weighted by molar-refractivity contribution is 0.0996. The molecule has 0 saturated heterocycles. The van der Waals surface area contributed by atoms with Crippen molar-refractivity contribution in [3.63, 3.8) is 0 Å². The topological polar surface area (TPSA) is 131 Å². The van der Waals surface area contributed by atoms with E-state index >= 15 is 0 Å². The second kappa shape index (κ2) is 12.6. The van der Waals surface area contributed by atoms with E-state index in [0.717, 1.165) is 10.9 Å². The van der Waals surface area contributed by atoms with Crippen LogP contribution < -0.4 is 16.2 Å². The SMILES string of the molecule is CCC.COc1cc(C#CC2CC2)ccc1S(=O)[O-].NC(=O)c1ccc2c(N)cccc2n1. The molecule has 8 heteroatoms. The third-order valence-electron chi connectivity index (χ3n) is 4.36. The summed E-state index contributed by atoms with van der Waals surface area (Å²) < 4.78 is 26.7. The number of rotatable bonds is 3. The lowest BCUT2D eigenvalue weighted by Crippen LogP contribution is -2.12. The predicted molar refractivity (Wildman–Crippen MR) is 130 cm³/mol. The molecule has 4 rings (SSSR count). The van der Waals surface area contributed by atoms with Gasteiger partial charge in [-0.05, 0) is 66.4 Å². The van der Waals surface area contributed by atoms with Gasteiger partial charge >= 0.3 is 0 Å². The molecule has 1 aliphatic carbocycles. The highest BCUT2D eigenvalue weighted by Crippen LogP contribution is 2.28. The number of primary amides is 1. The van der Waals surface area contributed by atoms with Crippen LogP contribution in [0.5, 0.6) is 5.75 Å². The first-order valence-electron chi connectivity index (χ1n) is 10.5. The van der Waals surface area contributed by atoms with Gasteiger partial charge in [0.1, 0.15) is 11.4 Å². The summed E-state index contributed by atoms with van der Waals surface area (Å²) in [6, 6.07) is 13.5. The first-order chi connectivity index (χ1) is 15.8. The molecule has 0 spiro atoms. The van der Waals surface area contributed by atoms with Crippen LogP contribution in [0, 0.1) is 17.8 Å². The molecular weight excluding hydrogens is 438 g/mol. The summed E-state index contributed by atoms with van der Waals surface area (Å²) in [5, 5.41) is 0.831. The molecule has 1 fully saturated rings. The highest BCUT2D eigenvalue weighted by molar-refractivity contribution is 7.79. The number of nitrogens with zero attached hydrogens (tertiary/aromatic N) is 1. The maximum Gasteiger partial charge on any atom is 0.267 e. The highest BCUT2D eigenvalue weighted by atomic mass is 32.2. The number of amides is 1. The van der Waals surface area contributed by atoms with Crippen molar-refractivity contribution in [1.29, 1.82) is 0 Å². The van der Waals surface area contributed by atoms with Crippen LogP contribution in [-0.2, 0) is 11.1 Å². The van der Waals surface area contributed by atoms with E-state index in [4.69, 9.17) is 16.2 Å². The summed E-state index contributed by atoms with van der Waals surface area (Å²) in [6.45, 7) is 4.25. The first kappa shape index (κ1) is 25.8. The number of fused-ring (bicyclic) bond motifs is 1. The van der Waals surface area contributed by atoms with E-state index in [0.29, 0.717) is 22.9 Å². The number of anilines is 1. The fourth-order valence-electron chi connectivity index (χ4n) is 2.61. The molecule has 3 aromatic rings. The predicted octanol–water partition coefficient (Wildman–Crippen LogP) is 4.03.